The first-order valence-corrected chi connectivity index (χ1v) is 5.66. The van der Waals surface area contributed by atoms with E-state index in [0.717, 1.165) is 17.5 Å². The zero-order chi connectivity index (χ0) is 12.1. The lowest BCUT2D eigenvalue weighted by Gasteiger charge is -2.16. The Hall–Kier alpha value is -1.74. The van der Waals surface area contributed by atoms with Gasteiger partial charge in [0.2, 0.25) is 0 Å². The molecule has 2 N–H and O–H groups in total. The van der Waals surface area contributed by atoms with Gasteiger partial charge in [-0.15, -0.1) is 0 Å². The second-order valence-corrected chi connectivity index (χ2v) is 3.97. The van der Waals surface area contributed by atoms with Crippen molar-refractivity contribution < 1.29 is 4.39 Å². The van der Waals surface area contributed by atoms with E-state index < -0.39 is 0 Å². The van der Waals surface area contributed by atoms with Crippen LogP contribution in [-0.4, -0.2) is 11.5 Å². The molecule has 0 aliphatic rings. The minimum absolute atomic E-state index is 0.189. The smallest absolute Gasteiger partial charge is 0.123 e. The summed E-state index contributed by atoms with van der Waals surface area (Å²) in [5, 5.41) is 0. The van der Waals surface area contributed by atoms with Crippen LogP contribution in [0, 0.1) is 5.82 Å². The Kier molecular flexibility index (Phi) is 3.83. The summed E-state index contributed by atoms with van der Waals surface area (Å²) >= 11 is 0. The van der Waals surface area contributed by atoms with E-state index in [0.29, 0.717) is 6.54 Å². The number of hydrogen-bond donors (Lipinski definition) is 1. The number of pyridine rings is 1. The average molecular weight is 230 g/mol. The Morgan fingerprint density at radius 3 is 2.47 bits per heavy atom. The van der Waals surface area contributed by atoms with Crippen molar-refractivity contribution in [2.45, 2.75) is 12.3 Å². The van der Waals surface area contributed by atoms with Gasteiger partial charge in [-0.25, -0.2) is 4.39 Å². The fourth-order valence-electron chi connectivity index (χ4n) is 1.97. The summed E-state index contributed by atoms with van der Waals surface area (Å²) in [6, 6.07) is 10.5. The number of rotatable bonds is 4. The van der Waals surface area contributed by atoms with Crippen LogP contribution < -0.4 is 5.73 Å². The molecule has 0 bridgehead atoms. The minimum atomic E-state index is -0.216. The molecule has 0 aliphatic carbocycles. The van der Waals surface area contributed by atoms with E-state index in [-0.39, 0.29) is 11.7 Å². The molecule has 0 fully saturated rings. The van der Waals surface area contributed by atoms with Gasteiger partial charge in [0.25, 0.3) is 0 Å². The summed E-state index contributed by atoms with van der Waals surface area (Å²) in [6.45, 7) is 0.594. The fourth-order valence-corrected chi connectivity index (χ4v) is 1.97. The van der Waals surface area contributed by atoms with Crippen LogP contribution in [0.15, 0.2) is 48.8 Å². The second kappa shape index (κ2) is 5.55. The van der Waals surface area contributed by atoms with Crippen molar-refractivity contribution >= 4 is 0 Å². The molecule has 1 aromatic heterocycles. The molecule has 1 atom stereocenters. The lowest BCUT2D eigenvalue weighted by atomic mass is 9.89. The van der Waals surface area contributed by atoms with Gasteiger partial charge in [-0.3, -0.25) is 4.98 Å². The number of halogens is 1. The molecule has 0 saturated carbocycles. The van der Waals surface area contributed by atoms with Crippen LogP contribution in [0.1, 0.15) is 23.5 Å². The highest BCUT2D eigenvalue weighted by Crippen LogP contribution is 2.26. The van der Waals surface area contributed by atoms with Crippen LogP contribution in [0.25, 0.3) is 0 Å². The monoisotopic (exact) mass is 230 g/mol. The molecule has 0 spiro atoms. The van der Waals surface area contributed by atoms with Gasteiger partial charge in [0.15, 0.2) is 0 Å². The van der Waals surface area contributed by atoms with Gasteiger partial charge in [0.05, 0.1) is 0 Å². The molecule has 0 amide bonds. The van der Waals surface area contributed by atoms with Crippen molar-refractivity contribution in [3.05, 3.63) is 65.7 Å². The van der Waals surface area contributed by atoms with Gasteiger partial charge in [0.1, 0.15) is 5.82 Å². The van der Waals surface area contributed by atoms with Gasteiger partial charge in [-0.1, -0.05) is 18.2 Å². The van der Waals surface area contributed by atoms with Crippen molar-refractivity contribution in [2.75, 3.05) is 6.54 Å². The molecule has 17 heavy (non-hydrogen) atoms. The highest BCUT2D eigenvalue weighted by molar-refractivity contribution is 5.30. The van der Waals surface area contributed by atoms with Gasteiger partial charge < -0.3 is 5.73 Å². The molecule has 0 saturated heterocycles. The lowest BCUT2D eigenvalue weighted by molar-refractivity contribution is 0.625. The first-order chi connectivity index (χ1) is 8.31. The summed E-state index contributed by atoms with van der Waals surface area (Å²) < 4.78 is 12.9. The first kappa shape index (κ1) is 11.7. The van der Waals surface area contributed by atoms with E-state index in [9.17, 15) is 4.39 Å². The van der Waals surface area contributed by atoms with Crippen LogP contribution in [0.5, 0.6) is 0 Å². The van der Waals surface area contributed by atoms with Gasteiger partial charge >= 0.3 is 0 Å². The lowest BCUT2D eigenvalue weighted by Crippen LogP contribution is -2.09. The van der Waals surface area contributed by atoms with Crippen molar-refractivity contribution in [1.82, 2.24) is 4.98 Å². The normalized spacial score (nSPS) is 12.4. The Balaban J connectivity index is 2.32. The number of nitrogens with zero attached hydrogens (tertiary/aromatic N) is 1. The van der Waals surface area contributed by atoms with Crippen molar-refractivity contribution in [3.8, 4) is 0 Å². The molecule has 2 rings (SSSR count). The topological polar surface area (TPSA) is 38.9 Å². The van der Waals surface area contributed by atoms with Crippen LogP contribution in [-0.2, 0) is 0 Å². The largest absolute Gasteiger partial charge is 0.330 e. The van der Waals surface area contributed by atoms with Crippen LogP contribution in [0.2, 0.25) is 0 Å². The Morgan fingerprint density at radius 1 is 1.12 bits per heavy atom. The number of nitrogens with two attached hydrogens (primary N) is 1. The Morgan fingerprint density at radius 2 is 1.88 bits per heavy atom. The standard InChI is InChI=1S/C14H15FN2/c15-13-5-3-11(4-6-13)14(7-8-16)12-2-1-9-17-10-12/h1-6,9-10,14H,7-8,16H2. The van der Waals surface area contributed by atoms with Crippen LogP contribution in [0.3, 0.4) is 0 Å². The number of aromatic nitrogens is 1. The Bertz CT molecular complexity index is 453. The van der Waals surface area contributed by atoms with Crippen LogP contribution >= 0.6 is 0 Å². The minimum Gasteiger partial charge on any atom is -0.330 e. The van der Waals surface area contributed by atoms with Gasteiger partial charge in [0, 0.05) is 18.3 Å². The molecular formula is C14H15FN2. The molecular weight excluding hydrogens is 215 g/mol. The highest BCUT2D eigenvalue weighted by Gasteiger charge is 2.13. The van der Waals surface area contributed by atoms with E-state index in [1.165, 1.54) is 12.1 Å². The quantitative estimate of drug-likeness (QED) is 0.877. The summed E-state index contributed by atoms with van der Waals surface area (Å²) in [5.74, 6) is -0.0271. The molecule has 88 valence electrons. The van der Waals surface area contributed by atoms with E-state index in [1.54, 1.807) is 6.20 Å². The summed E-state index contributed by atoms with van der Waals surface area (Å²) in [5.41, 5.74) is 7.83. The molecule has 0 radical (unpaired) electrons. The third-order valence-corrected chi connectivity index (χ3v) is 2.81. The summed E-state index contributed by atoms with van der Waals surface area (Å²) in [7, 11) is 0. The van der Waals surface area contributed by atoms with Crippen molar-refractivity contribution in [2.24, 2.45) is 5.73 Å². The first-order valence-electron chi connectivity index (χ1n) is 5.66. The van der Waals surface area contributed by atoms with Crippen molar-refractivity contribution in [3.63, 3.8) is 0 Å². The Labute approximate surface area is 100 Å². The maximum Gasteiger partial charge on any atom is 0.123 e. The van der Waals surface area contributed by atoms with E-state index in [2.05, 4.69) is 4.98 Å². The molecule has 1 unspecified atom stereocenters. The predicted octanol–water partition coefficient (Wildman–Crippen LogP) is 2.70. The third-order valence-electron chi connectivity index (χ3n) is 2.81. The van der Waals surface area contributed by atoms with Gasteiger partial charge in [-0.2, -0.15) is 0 Å². The van der Waals surface area contributed by atoms with E-state index in [4.69, 9.17) is 5.73 Å². The summed E-state index contributed by atoms with van der Waals surface area (Å²) in [4.78, 5) is 4.12. The highest BCUT2D eigenvalue weighted by atomic mass is 19.1. The van der Waals surface area contributed by atoms with E-state index in [1.807, 2.05) is 30.5 Å². The average Bonchev–Trinajstić information content (AvgIpc) is 2.38. The molecule has 0 aliphatic heterocycles. The SMILES string of the molecule is NCCC(c1ccc(F)cc1)c1cccnc1. The molecule has 1 heterocycles. The molecule has 2 aromatic rings. The fraction of sp³-hybridized carbons (Fsp3) is 0.214. The zero-order valence-corrected chi connectivity index (χ0v) is 9.51. The second-order valence-electron chi connectivity index (χ2n) is 3.97. The van der Waals surface area contributed by atoms with E-state index >= 15 is 0 Å². The molecule has 1 aromatic carbocycles. The zero-order valence-electron chi connectivity index (χ0n) is 9.51. The number of benzene rings is 1. The van der Waals surface area contributed by atoms with Crippen molar-refractivity contribution in [1.29, 1.82) is 0 Å². The van der Waals surface area contributed by atoms with Crippen LogP contribution in [0.4, 0.5) is 4.39 Å². The molecule has 3 heteroatoms. The maximum atomic E-state index is 12.9. The maximum absolute atomic E-state index is 12.9. The summed E-state index contributed by atoms with van der Waals surface area (Å²) in [6.07, 6.45) is 4.41. The number of hydrogen-bond acceptors (Lipinski definition) is 2. The third kappa shape index (κ3) is 2.88. The van der Waals surface area contributed by atoms with Gasteiger partial charge in [-0.05, 0) is 42.3 Å². The predicted molar refractivity (Wildman–Crippen MR) is 66.2 cm³/mol. The molecule has 2 nitrogen and oxygen atoms in total.